The lowest BCUT2D eigenvalue weighted by molar-refractivity contribution is 0.600. The van der Waals surface area contributed by atoms with Gasteiger partial charge in [-0.3, -0.25) is 0 Å². The van der Waals surface area contributed by atoms with Crippen LogP contribution in [0.2, 0.25) is 0 Å². The van der Waals surface area contributed by atoms with Crippen LogP contribution in [0.1, 0.15) is 22.7 Å². The van der Waals surface area contributed by atoms with Gasteiger partial charge in [0, 0.05) is 22.9 Å². The van der Waals surface area contributed by atoms with Crippen molar-refractivity contribution in [3.63, 3.8) is 0 Å². The van der Waals surface area contributed by atoms with Gasteiger partial charge < -0.3 is 4.90 Å². The molecule has 0 bridgehead atoms. The van der Waals surface area contributed by atoms with Gasteiger partial charge in [0.05, 0.1) is 22.6 Å². The molecule has 0 N–H and O–H groups in total. The third-order valence-corrected chi connectivity index (χ3v) is 9.12. The maximum atomic E-state index is 12.0. The van der Waals surface area contributed by atoms with Gasteiger partial charge in [-0.2, -0.15) is 0 Å². The highest BCUT2D eigenvalue weighted by atomic mass is 32.2. The van der Waals surface area contributed by atoms with Crippen LogP contribution in [0.5, 0.6) is 0 Å². The number of thioether (sulfide) groups is 1. The molecule has 1 fully saturated rings. The number of sulfone groups is 1. The highest BCUT2D eigenvalue weighted by Crippen LogP contribution is 2.37. The summed E-state index contributed by atoms with van der Waals surface area (Å²) < 4.78 is 24.0. The van der Waals surface area contributed by atoms with E-state index < -0.39 is 9.84 Å². The van der Waals surface area contributed by atoms with E-state index in [4.69, 9.17) is 9.97 Å². The zero-order valence-electron chi connectivity index (χ0n) is 16.2. The molecule has 2 aromatic heterocycles. The summed E-state index contributed by atoms with van der Waals surface area (Å²) in [4.78, 5) is 15.2. The van der Waals surface area contributed by atoms with Crippen LogP contribution < -0.4 is 4.90 Å². The largest absolute Gasteiger partial charge is 0.355 e. The molecule has 0 amide bonds. The van der Waals surface area contributed by atoms with Gasteiger partial charge in [0.2, 0.25) is 0 Å². The maximum Gasteiger partial charge on any atom is 0.152 e. The van der Waals surface area contributed by atoms with Crippen molar-refractivity contribution in [2.75, 3.05) is 23.5 Å². The van der Waals surface area contributed by atoms with Gasteiger partial charge in [0.15, 0.2) is 9.84 Å². The van der Waals surface area contributed by atoms with Crippen LogP contribution in [-0.2, 0) is 15.6 Å². The number of rotatable bonds is 5. The first-order valence-electron chi connectivity index (χ1n) is 9.22. The van der Waals surface area contributed by atoms with E-state index in [1.807, 2.05) is 25.2 Å². The van der Waals surface area contributed by atoms with Gasteiger partial charge in [0.1, 0.15) is 16.5 Å². The third kappa shape index (κ3) is 3.90. The summed E-state index contributed by atoms with van der Waals surface area (Å²) in [6.07, 6.45) is 0.653. The van der Waals surface area contributed by atoms with E-state index >= 15 is 0 Å². The van der Waals surface area contributed by atoms with Crippen LogP contribution in [0.4, 0.5) is 5.82 Å². The number of fused-ring (bicyclic) bond motifs is 1. The van der Waals surface area contributed by atoms with Crippen molar-refractivity contribution in [1.29, 1.82) is 0 Å². The second-order valence-electron chi connectivity index (χ2n) is 7.20. The number of benzene rings is 1. The van der Waals surface area contributed by atoms with E-state index in [0.717, 1.165) is 21.9 Å². The van der Waals surface area contributed by atoms with Crippen LogP contribution in [-0.4, -0.2) is 43.0 Å². The molecule has 4 rings (SSSR count). The molecule has 8 heteroatoms. The predicted molar refractivity (Wildman–Crippen MR) is 118 cm³/mol. The molecule has 1 aliphatic rings. The molecule has 1 saturated heterocycles. The Labute approximate surface area is 174 Å². The topological polar surface area (TPSA) is 63.2 Å². The highest BCUT2D eigenvalue weighted by molar-refractivity contribution is 7.98. The van der Waals surface area contributed by atoms with Crippen molar-refractivity contribution in [3.8, 4) is 0 Å². The van der Waals surface area contributed by atoms with Gasteiger partial charge in [-0.15, -0.1) is 23.1 Å². The van der Waals surface area contributed by atoms with Crippen molar-refractivity contribution in [2.24, 2.45) is 0 Å². The second-order valence-corrected chi connectivity index (χ2v) is 11.7. The Bertz CT molecular complexity index is 1110. The lowest BCUT2D eigenvalue weighted by Gasteiger charge is -2.25. The Balaban J connectivity index is 1.71. The lowest BCUT2D eigenvalue weighted by Crippen LogP contribution is -2.33. The number of nitrogens with zero attached hydrogens (tertiary/aromatic N) is 3. The molecule has 28 heavy (non-hydrogen) atoms. The summed E-state index contributed by atoms with van der Waals surface area (Å²) in [6, 6.07) is 10.2. The van der Waals surface area contributed by atoms with Crippen molar-refractivity contribution in [2.45, 2.75) is 37.0 Å². The maximum absolute atomic E-state index is 12.0. The Morgan fingerprint density at radius 1 is 1.21 bits per heavy atom. The summed E-state index contributed by atoms with van der Waals surface area (Å²) in [5.41, 5.74) is 1.19. The molecule has 0 aliphatic carbocycles. The van der Waals surface area contributed by atoms with Crippen molar-refractivity contribution >= 4 is 49.0 Å². The first-order chi connectivity index (χ1) is 13.3. The van der Waals surface area contributed by atoms with E-state index in [1.54, 1.807) is 23.1 Å². The molecule has 1 aromatic carbocycles. The fraction of sp³-hybridized carbons (Fsp3) is 0.400. The van der Waals surface area contributed by atoms with Crippen LogP contribution in [0.15, 0.2) is 35.2 Å². The standard InChI is InChI=1S/C20H23N3O2S3/c1-13-14(2)27-20-18(13)19(23(3)15-9-10-28(24,25)12-15)21-17(22-20)11-26-16-7-5-4-6-8-16/h4-8,15H,9-12H2,1-3H3/t15-/m0/s1. The zero-order chi connectivity index (χ0) is 19.9. The van der Waals surface area contributed by atoms with Crippen LogP contribution in [0, 0.1) is 13.8 Å². The first kappa shape index (κ1) is 19.7. The fourth-order valence-corrected chi connectivity index (χ4v) is 7.10. The quantitative estimate of drug-likeness (QED) is 0.561. The molecule has 1 atom stereocenters. The van der Waals surface area contributed by atoms with Crippen molar-refractivity contribution in [3.05, 3.63) is 46.6 Å². The summed E-state index contributed by atoms with van der Waals surface area (Å²) in [5.74, 6) is 2.78. The lowest BCUT2D eigenvalue weighted by atomic mass is 10.1. The molecular weight excluding hydrogens is 410 g/mol. The predicted octanol–water partition coefficient (Wildman–Crippen LogP) is 4.22. The summed E-state index contributed by atoms with van der Waals surface area (Å²) >= 11 is 3.39. The van der Waals surface area contributed by atoms with Gasteiger partial charge in [0.25, 0.3) is 0 Å². The highest BCUT2D eigenvalue weighted by Gasteiger charge is 2.32. The van der Waals surface area contributed by atoms with Gasteiger partial charge in [-0.1, -0.05) is 18.2 Å². The Kier molecular flexibility index (Phi) is 5.37. The van der Waals surface area contributed by atoms with Crippen molar-refractivity contribution in [1.82, 2.24) is 9.97 Å². The van der Waals surface area contributed by atoms with Gasteiger partial charge in [-0.25, -0.2) is 18.4 Å². The number of anilines is 1. The minimum absolute atomic E-state index is 0.0302. The molecular formula is C20H23N3O2S3. The van der Waals surface area contributed by atoms with E-state index in [-0.39, 0.29) is 17.5 Å². The average molecular weight is 434 g/mol. The smallest absolute Gasteiger partial charge is 0.152 e. The van der Waals surface area contributed by atoms with Crippen LogP contribution in [0.25, 0.3) is 10.2 Å². The van der Waals surface area contributed by atoms with E-state index in [1.165, 1.54) is 15.3 Å². The number of aromatic nitrogens is 2. The summed E-state index contributed by atoms with van der Waals surface area (Å²) in [7, 11) is -0.984. The molecule has 1 aliphatic heterocycles. The molecule has 3 heterocycles. The third-order valence-electron chi connectivity index (χ3n) is 5.26. The normalized spacial score (nSPS) is 18.6. The zero-order valence-corrected chi connectivity index (χ0v) is 18.6. The Morgan fingerprint density at radius 3 is 2.64 bits per heavy atom. The number of hydrogen-bond acceptors (Lipinski definition) is 7. The first-order valence-corrected chi connectivity index (χ1v) is 12.8. The van der Waals surface area contributed by atoms with Crippen LogP contribution >= 0.6 is 23.1 Å². The molecule has 0 spiro atoms. The fourth-order valence-electron chi connectivity index (χ4n) is 3.51. The number of hydrogen-bond donors (Lipinski definition) is 0. The van der Waals surface area contributed by atoms with Gasteiger partial charge >= 0.3 is 0 Å². The monoisotopic (exact) mass is 433 g/mol. The van der Waals surface area contributed by atoms with E-state index in [2.05, 4.69) is 30.9 Å². The molecule has 148 valence electrons. The minimum atomic E-state index is -2.95. The SMILES string of the molecule is Cc1sc2nc(CSc3ccccc3)nc(N(C)[C@H]3CCS(=O)(=O)C3)c2c1C. The van der Waals surface area contributed by atoms with Crippen molar-refractivity contribution < 1.29 is 8.42 Å². The molecule has 5 nitrogen and oxygen atoms in total. The van der Waals surface area contributed by atoms with Gasteiger partial charge in [-0.05, 0) is 38.0 Å². The molecule has 0 radical (unpaired) electrons. The molecule has 0 unspecified atom stereocenters. The Morgan fingerprint density at radius 2 is 1.96 bits per heavy atom. The van der Waals surface area contributed by atoms with Crippen LogP contribution in [0.3, 0.4) is 0 Å². The summed E-state index contributed by atoms with van der Waals surface area (Å²) in [5, 5.41) is 1.06. The van der Waals surface area contributed by atoms with E-state index in [9.17, 15) is 8.42 Å². The van der Waals surface area contributed by atoms with E-state index in [0.29, 0.717) is 12.2 Å². The second kappa shape index (κ2) is 7.65. The summed E-state index contributed by atoms with van der Waals surface area (Å²) in [6.45, 7) is 4.20. The minimum Gasteiger partial charge on any atom is -0.355 e. The molecule has 3 aromatic rings. The Hall–Kier alpha value is -1.64. The number of aryl methyl sites for hydroxylation is 2. The number of thiophene rings is 1. The average Bonchev–Trinajstić information content (AvgIpc) is 3.18. The molecule has 0 saturated carbocycles.